The van der Waals surface area contributed by atoms with Crippen LogP contribution in [0.1, 0.15) is 38.3 Å². The summed E-state index contributed by atoms with van der Waals surface area (Å²) in [6.45, 7) is 4.22. The van der Waals surface area contributed by atoms with Crippen molar-refractivity contribution >= 4 is 40.6 Å². The third-order valence-corrected chi connectivity index (χ3v) is 6.79. The topological polar surface area (TPSA) is 63.1 Å². The Morgan fingerprint density at radius 1 is 1.09 bits per heavy atom. The largest absolute Gasteiger partial charge is 0.378 e. The third-order valence-electron chi connectivity index (χ3n) is 6.23. The summed E-state index contributed by atoms with van der Waals surface area (Å²) in [6, 6.07) is 13.0. The molecule has 0 amide bonds. The maximum Gasteiger partial charge on any atom is 0.226 e. The predicted molar refractivity (Wildman–Crippen MR) is 133 cm³/mol. The van der Waals surface area contributed by atoms with Crippen molar-refractivity contribution in [3.8, 4) is 11.4 Å². The lowest BCUT2D eigenvalue weighted by Crippen LogP contribution is -2.36. The van der Waals surface area contributed by atoms with Gasteiger partial charge in [-0.1, -0.05) is 43.1 Å². The smallest absolute Gasteiger partial charge is 0.226 e. The maximum absolute atomic E-state index is 13.4. The highest BCUT2D eigenvalue weighted by atomic mass is 35.5. The maximum atomic E-state index is 13.4. The number of carbonyl (C=O) groups excluding carboxylic acids is 1. The molecular weight excluding hydrogens is 457 g/mol. The number of rotatable bonds is 3. The minimum Gasteiger partial charge on any atom is -0.378 e. The molecule has 2 heterocycles. The van der Waals surface area contributed by atoms with Gasteiger partial charge in [-0.15, -0.1) is 5.10 Å². The van der Waals surface area contributed by atoms with Crippen molar-refractivity contribution in [2.24, 2.45) is 5.41 Å². The average Bonchev–Trinajstić information content (AvgIpc) is 3.15. The van der Waals surface area contributed by atoms with E-state index in [1.807, 2.05) is 49.3 Å². The van der Waals surface area contributed by atoms with Gasteiger partial charge in [0.05, 0.1) is 0 Å². The highest BCUT2D eigenvalue weighted by Crippen LogP contribution is 2.47. The first-order valence-electron chi connectivity index (χ1n) is 10.9. The number of halogens is 2. The lowest BCUT2D eigenvalue weighted by atomic mass is 9.73. The van der Waals surface area contributed by atoms with Gasteiger partial charge in [-0.3, -0.25) is 4.79 Å². The molecule has 0 saturated heterocycles. The van der Waals surface area contributed by atoms with Crippen LogP contribution in [-0.2, 0) is 4.79 Å². The zero-order valence-corrected chi connectivity index (χ0v) is 20.5. The molecule has 1 aromatic heterocycles. The Labute approximate surface area is 203 Å². The van der Waals surface area contributed by atoms with E-state index < -0.39 is 6.04 Å². The lowest BCUT2D eigenvalue weighted by Gasteiger charge is -2.38. The molecule has 170 valence electrons. The lowest BCUT2D eigenvalue weighted by molar-refractivity contribution is -0.118. The number of hydrogen-bond donors (Lipinski definition) is 1. The van der Waals surface area contributed by atoms with E-state index in [4.69, 9.17) is 33.3 Å². The summed E-state index contributed by atoms with van der Waals surface area (Å²) >= 11 is 12.8. The Bertz CT molecular complexity index is 1290. The fourth-order valence-electron chi connectivity index (χ4n) is 4.65. The Morgan fingerprint density at radius 2 is 1.82 bits per heavy atom. The normalized spacial score (nSPS) is 19.1. The minimum atomic E-state index is -0.466. The van der Waals surface area contributed by atoms with Crippen molar-refractivity contribution in [1.29, 1.82) is 0 Å². The van der Waals surface area contributed by atoms with E-state index >= 15 is 0 Å². The number of nitrogens with one attached hydrogen (secondary N) is 1. The summed E-state index contributed by atoms with van der Waals surface area (Å²) in [5.41, 5.74) is 4.23. The summed E-state index contributed by atoms with van der Waals surface area (Å²) < 4.78 is 1.78. The Morgan fingerprint density at radius 3 is 2.48 bits per heavy atom. The minimum absolute atomic E-state index is 0.0998. The number of aromatic nitrogens is 3. The second kappa shape index (κ2) is 7.89. The molecule has 6 nitrogen and oxygen atoms in total. The number of carbonyl (C=O) groups is 1. The molecule has 0 spiro atoms. The Hall–Kier alpha value is -2.83. The van der Waals surface area contributed by atoms with Crippen LogP contribution in [0.15, 0.2) is 53.7 Å². The van der Waals surface area contributed by atoms with E-state index in [1.54, 1.807) is 16.8 Å². The fourth-order valence-corrected chi connectivity index (χ4v) is 5.16. The average molecular weight is 482 g/mol. The second-order valence-corrected chi connectivity index (χ2v) is 10.5. The molecule has 1 unspecified atom stereocenters. The van der Waals surface area contributed by atoms with Crippen molar-refractivity contribution < 1.29 is 4.79 Å². The first kappa shape index (κ1) is 22.0. The van der Waals surface area contributed by atoms with Crippen LogP contribution in [0.25, 0.3) is 11.4 Å². The Balaban J connectivity index is 1.66. The van der Waals surface area contributed by atoms with Gasteiger partial charge in [0, 0.05) is 58.6 Å². The van der Waals surface area contributed by atoms with Crippen molar-refractivity contribution in [3.63, 3.8) is 0 Å². The monoisotopic (exact) mass is 481 g/mol. The molecule has 5 rings (SSSR count). The Kier molecular flexibility index (Phi) is 5.26. The van der Waals surface area contributed by atoms with Gasteiger partial charge in [0.1, 0.15) is 6.04 Å². The highest BCUT2D eigenvalue weighted by Gasteiger charge is 2.42. The van der Waals surface area contributed by atoms with Gasteiger partial charge < -0.3 is 10.2 Å². The molecule has 2 aromatic carbocycles. The zero-order chi connectivity index (χ0) is 23.5. The molecule has 0 saturated carbocycles. The van der Waals surface area contributed by atoms with Crippen molar-refractivity contribution in [3.05, 3.63) is 69.3 Å². The van der Waals surface area contributed by atoms with E-state index in [0.717, 1.165) is 28.9 Å². The van der Waals surface area contributed by atoms with Crippen LogP contribution in [0.4, 0.5) is 11.6 Å². The van der Waals surface area contributed by atoms with Gasteiger partial charge in [0.2, 0.25) is 5.95 Å². The van der Waals surface area contributed by atoms with E-state index in [0.29, 0.717) is 33.8 Å². The standard InChI is InChI=1S/C25H25Cl2N5O/c1-25(2)12-19-21(20(33)13-25)22(17-10-7-15(26)11-18(17)27)32-24(28-19)29-23(30-32)14-5-8-16(9-6-14)31(3)4/h5-11,22H,12-13H2,1-4H3,(H,28,29,30). The summed E-state index contributed by atoms with van der Waals surface area (Å²) in [6.07, 6.45) is 1.22. The van der Waals surface area contributed by atoms with E-state index in [-0.39, 0.29) is 11.2 Å². The number of benzene rings is 2. The molecule has 0 bridgehead atoms. The van der Waals surface area contributed by atoms with E-state index in [1.165, 1.54) is 0 Å². The molecule has 1 aliphatic heterocycles. The molecule has 33 heavy (non-hydrogen) atoms. The van der Waals surface area contributed by atoms with Crippen molar-refractivity contribution in [2.45, 2.75) is 32.7 Å². The molecule has 0 radical (unpaired) electrons. The predicted octanol–water partition coefficient (Wildman–Crippen LogP) is 5.98. The number of ketones is 1. The molecule has 3 aromatic rings. The molecule has 0 fully saturated rings. The van der Waals surface area contributed by atoms with Crippen LogP contribution in [0.5, 0.6) is 0 Å². The second-order valence-electron chi connectivity index (χ2n) is 9.67. The van der Waals surface area contributed by atoms with Crippen molar-refractivity contribution in [2.75, 3.05) is 24.3 Å². The molecular formula is C25H25Cl2N5O. The summed E-state index contributed by atoms with van der Waals surface area (Å²) in [4.78, 5) is 20.2. The third kappa shape index (κ3) is 3.91. The van der Waals surface area contributed by atoms with Gasteiger partial charge >= 0.3 is 0 Å². The first-order chi connectivity index (χ1) is 15.6. The van der Waals surface area contributed by atoms with Gasteiger partial charge in [-0.25, -0.2) is 4.68 Å². The van der Waals surface area contributed by atoms with Gasteiger partial charge in [-0.05, 0) is 48.2 Å². The van der Waals surface area contributed by atoms with Crippen LogP contribution in [0.2, 0.25) is 10.0 Å². The SMILES string of the molecule is CN(C)c1ccc(-c2nc3n(n2)C(c2ccc(Cl)cc2Cl)C2=C(CC(C)(C)CC2=O)N3)cc1. The fraction of sp³-hybridized carbons (Fsp3) is 0.320. The number of allylic oxidation sites excluding steroid dienone is 2. The van der Waals surface area contributed by atoms with Crippen molar-refractivity contribution in [1.82, 2.24) is 14.8 Å². The molecule has 8 heteroatoms. The highest BCUT2D eigenvalue weighted by molar-refractivity contribution is 6.35. The van der Waals surface area contributed by atoms with Gasteiger partial charge in [-0.2, -0.15) is 4.98 Å². The molecule has 1 atom stereocenters. The quantitative estimate of drug-likeness (QED) is 0.498. The molecule has 2 aliphatic rings. The summed E-state index contributed by atoms with van der Waals surface area (Å²) in [5.74, 6) is 1.29. The van der Waals surface area contributed by atoms with Crippen LogP contribution >= 0.6 is 23.2 Å². The zero-order valence-electron chi connectivity index (χ0n) is 19.0. The number of nitrogens with zero attached hydrogens (tertiary/aromatic N) is 4. The van der Waals surface area contributed by atoms with Crippen LogP contribution in [0, 0.1) is 5.41 Å². The number of anilines is 2. The summed E-state index contributed by atoms with van der Waals surface area (Å²) in [5, 5.41) is 9.28. The van der Waals surface area contributed by atoms with E-state index in [2.05, 4.69) is 19.2 Å². The number of fused-ring (bicyclic) bond motifs is 1. The molecule has 1 N–H and O–H groups in total. The van der Waals surface area contributed by atoms with Crippen LogP contribution < -0.4 is 10.2 Å². The van der Waals surface area contributed by atoms with E-state index in [9.17, 15) is 4.79 Å². The number of hydrogen-bond acceptors (Lipinski definition) is 5. The van der Waals surface area contributed by atoms with Gasteiger partial charge in [0.15, 0.2) is 11.6 Å². The molecule has 1 aliphatic carbocycles. The first-order valence-corrected chi connectivity index (χ1v) is 11.6. The van der Waals surface area contributed by atoms with Gasteiger partial charge in [0.25, 0.3) is 0 Å². The van der Waals surface area contributed by atoms with Crippen LogP contribution in [0.3, 0.4) is 0 Å². The number of Topliss-reactive ketones (excluding diaryl/α,β-unsaturated/α-hetero) is 1. The summed E-state index contributed by atoms with van der Waals surface area (Å²) in [7, 11) is 4.00. The van der Waals surface area contributed by atoms with Crippen LogP contribution in [-0.4, -0.2) is 34.6 Å².